The van der Waals surface area contributed by atoms with E-state index in [0.29, 0.717) is 5.70 Å². The van der Waals surface area contributed by atoms with Crippen LogP contribution in [-0.4, -0.2) is 23.8 Å². The van der Waals surface area contributed by atoms with Crippen molar-refractivity contribution in [2.24, 2.45) is 0 Å². The molecule has 0 heterocycles. The Morgan fingerprint density at radius 2 is 1.67 bits per heavy atom. The smallest absolute Gasteiger partial charge is 0.175 e. The van der Waals surface area contributed by atoms with E-state index >= 15 is 0 Å². The van der Waals surface area contributed by atoms with Gasteiger partial charge in [0.2, 0.25) is 0 Å². The zero-order valence-electron chi connectivity index (χ0n) is 8.39. The number of nitrogens with zero attached hydrogens (tertiary/aromatic N) is 1. The van der Waals surface area contributed by atoms with Gasteiger partial charge in [-0.2, -0.15) is 0 Å². The average molecular weight is 169 g/mol. The molecular formula is C10H19NO. The maximum Gasteiger partial charge on any atom is 0.175 e. The van der Waals surface area contributed by atoms with Crippen molar-refractivity contribution < 1.29 is 4.79 Å². The van der Waals surface area contributed by atoms with Gasteiger partial charge in [0.05, 0.1) is 5.70 Å². The number of carbonyl (C=O) groups is 1. The lowest BCUT2D eigenvalue weighted by Gasteiger charge is -2.23. The van der Waals surface area contributed by atoms with Crippen LogP contribution in [0.5, 0.6) is 0 Å². The number of ketones is 1. The number of hydrogen-bond donors (Lipinski definition) is 0. The number of Topliss-reactive ketones (excluding diaryl/α,β-unsaturated/α-hetero) is 1. The second-order valence-electron chi connectivity index (χ2n) is 2.99. The molecule has 12 heavy (non-hydrogen) atoms. The van der Waals surface area contributed by atoms with Crippen LogP contribution in [0, 0.1) is 0 Å². The highest BCUT2D eigenvalue weighted by molar-refractivity contribution is 5.91. The minimum Gasteiger partial charge on any atom is -0.369 e. The normalized spacial score (nSPS) is 9.58. The topological polar surface area (TPSA) is 20.3 Å². The molecule has 0 aliphatic heterocycles. The summed E-state index contributed by atoms with van der Waals surface area (Å²) in [7, 11) is 0. The van der Waals surface area contributed by atoms with E-state index in [1.165, 1.54) is 0 Å². The summed E-state index contributed by atoms with van der Waals surface area (Å²) in [5, 5.41) is 0. The molecule has 0 saturated heterocycles. The Balaban J connectivity index is 4.08. The Bertz CT molecular complexity index is 157. The monoisotopic (exact) mass is 169 g/mol. The summed E-state index contributed by atoms with van der Waals surface area (Å²) in [6, 6.07) is 0. The first-order chi connectivity index (χ1) is 5.63. The molecule has 0 radical (unpaired) electrons. The molecule has 0 spiro atoms. The molecule has 0 N–H and O–H groups in total. The molecule has 70 valence electrons. The third-order valence-corrected chi connectivity index (χ3v) is 1.78. The van der Waals surface area contributed by atoms with E-state index in [0.717, 1.165) is 25.9 Å². The fraction of sp³-hybridized carbons (Fsp3) is 0.700. The number of carbonyl (C=O) groups excluding carboxylic acids is 1. The van der Waals surface area contributed by atoms with Crippen molar-refractivity contribution in [1.29, 1.82) is 0 Å². The van der Waals surface area contributed by atoms with Gasteiger partial charge in [0.15, 0.2) is 5.78 Å². The van der Waals surface area contributed by atoms with Gasteiger partial charge in [-0.1, -0.05) is 20.4 Å². The van der Waals surface area contributed by atoms with E-state index in [2.05, 4.69) is 25.3 Å². The lowest BCUT2D eigenvalue weighted by atomic mass is 10.2. The zero-order valence-corrected chi connectivity index (χ0v) is 8.39. The Kier molecular flexibility index (Phi) is 5.43. The van der Waals surface area contributed by atoms with Crippen LogP contribution in [0.15, 0.2) is 12.3 Å². The van der Waals surface area contributed by atoms with Crippen molar-refractivity contribution in [2.75, 3.05) is 13.1 Å². The molecule has 0 aromatic rings. The fourth-order valence-corrected chi connectivity index (χ4v) is 1.14. The maximum atomic E-state index is 11.0. The van der Waals surface area contributed by atoms with E-state index in [9.17, 15) is 4.79 Å². The molecule has 2 nitrogen and oxygen atoms in total. The SMILES string of the molecule is C=C(C(C)=O)N(CCC)CCC. The van der Waals surface area contributed by atoms with Gasteiger partial charge in [-0.3, -0.25) is 4.79 Å². The molecule has 0 aromatic carbocycles. The van der Waals surface area contributed by atoms with Gasteiger partial charge in [-0.05, 0) is 12.8 Å². The van der Waals surface area contributed by atoms with Crippen molar-refractivity contribution >= 4 is 5.78 Å². The van der Waals surface area contributed by atoms with Crippen LogP contribution in [-0.2, 0) is 4.79 Å². The van der Waals surface area contributed by atoms with Crippen LogP contribution >= 0.6 is 0 Å². The first kappa shape index (κ1) is 11.2. The minimum atomic E-state index is 0.0805. The van der Waals surface area contributed by atoms with Crippen LogP contribution in [0.1, 0.15) is 33.6 Å². The van der Waals surface area contributed by atoms with E-state index in [1.807, 2.05) is 0 Å². The molecular weight excluding hydrogens is 150 g/mol. The summed E-state index contributed by atoms with van der Waals surface area (Å²) in [5.74, 6) is 0.0805. The third-order valence-electron chi connectivity index (χ3n) is 1.78. The summed E-state index contributed by atoms with van der Waals surface area (Å²) >= 11 is 0. The van der Waals surface area contributed by atoms with E-state index < -0.39 is 0 Å². The van der Waals surface area contributed by atoms with Gasteiger partial charge in [0, 0.05) is 20.0 Å². The summed E-state index contributed by atoms with van der Waals surface area (Å²) < 4.78 is 0. The van der Waals surface area contributed by atoms with Crippen molar-refractivity contribution in [3.05, 3.63) is 12.3 Å². The van der Waals surface area contributed by atoms with Crippen molar-refractivity contribution in [1.82, 2.24) is 4.90 Å². The highest BCUT2D eigenvalue weighted by Crippen LogP contribution is 2.04. The molecule has 2 heteroatoms. The highest BCUT2D eigenvalue weighted by atomic mass is 16.1. The Hall–Kier alpha value is -0.790. The molecule has 0 atom stereocenters. The molecule has 0 fully saturated rings. The fourth-order valence-electron chi connectivity index (χ4n) is 1.14. The lowest BCUT2D eigenvalue weighted by molar-refractivity contribution is -0.115. The first-order valence-corrected chi connectivity index (χ1v) is 4.58. The Morgan fingerprint density at radius 3 is 1.92 bits per heavy atom. The Morgan fingerprint density at radius 1 is 1.25 bits per heavy atom. The molecule has 0 saturated carbocycles. The predicted octanol–water partition coefficient (Wildman–Crippen LogP) is 2.21. The Labute approximate surface area is 75.3 Å². The van der Waals surface area contributed by atoms with Crippen LogP contribution in [0.3, 0.4) is 0 Å². The largest absolute Gasteiger partial charge is 0.369 e. The van der Waals surface area contributed by atoms with Crippen molar-refractivity contribution in [3.63, 3.8) is 0 Å². The van der Waals surface area contributed by atoms with Gasteiger partial charge in [-0.15, -0.1) is 0 Å². The van der Waals surface area contributed by atoms with Crippen LogP contribution in [0.25, 0.3) is 0 Å². The molecule has 0 bridgehead atoms. The molecule has 0 aromatic heterocycles. The van der Waals surface area contributed by atoms with Crippen LogP contribution in [0.4, 0.5) is 0 Å². The molecule has 0 amide bonds. The van der Waals surface area contributed by atoms with Crippen LogP contribution in [0.2, 0.25) is 0 Å². The maximum absolute atomic E-state index is 11.0. The number of rotatable bonds is 6. The summed E-state index contributed by atoms with van der Waals surface area (Å²) in [6.45, 7) is 11.4. The van der Waals surface area contributed by atoms with Gasteiger partial charge in [0.25, 0.3) is 0 Å². The third kappa shape index (κ3) is 3.56. The van der Waals surface area contributed by atoms with Crippen molar-refractivity contribution in [3.8, 4) is 0 Å². The number of allylic oxidation sites excluding steroid dienone is 1. The first-order valence-electron chi connectivity index (χ1n) is 4.58. The average Bonchev–Trinajstić information content (AvgIpc) is 2.03. The molecule has 0 aliphatic carbocycles. The quantitative estimate of drug-likeness (QED) is 0.568. The van der Waals surface area contributed by atoms with E-state index in [-0.39, 0.29) is 5.78 Å². The van der Waals surface area contributed by atoms with Gasteiger partial charge < -0.3 is 4.90 Å². The minimum absolute atomic E-state index is 0.0805. The highest BCUT2D eigenvalue weighted by Gasteiger charge is 2.08. The van der Waals surface area contributed by atoms with Crippen LogP contribution < -0.4 is 0 Å². The molecule has 0 aliphatic rings. The standard InChI is InChI=1S/C10H19NO/c1-5-7-11(8-6-2)9(3)10(4)12/h3,5-8H2,1-2,4H3. The van der Waals surface area contributed by atoms with Crippen molar-refractivity contribution in [2.45, 2.75) is 33.6 Å². The second-order valence-corrected chi connectivity index (χ2v) is 2.99. The summed E-state index contributed by atoms with van der Waals surface area (Å²) in [4.78, 5) is 13.1. The van der Waals surface area contributed by atoms with Gasteiger partial charge in [0.1, 0.15) is 0 Å². The summed E-state index contributed by atoms with van der Waals surface area (Å²) in [6.07, 6.45) is 2.12. The lowest BCUT2D eigenvalue weighted by Crippen LogP contribution is -2.27. The zero-order chi connectivity index (χ0) is 9.56. The number of hydrogen-bond acceptors (Lipinski definition) is 2. The predicted molar refractivity (Wildman–Crippen MR) is 52.0 cm³/mol. The molecule has 0 unspecified atom stereocenters. The van der Waals surface area contributed by atoms with E-state index in [1.54, 1.807) is 6.92 Å². The second kappa shape index (κ2) is 5.81. The van der Waals surface area contributed by atoms with Gasteiger partial charge in [-0.25, -0.2) is 0 Å². The van der Waals surface area contributed by atoms with Gasteiger partial charge >= 0.3 is 0 Å². The molecule has 0 rings (SSSR count). The van der Waals surface area contributed by atoms with E-state index in [4.69, 9.17) is 0 Å². The summed E-state index contributed by atoms with van der Waals surface area (Å²) in [5.41, 5.74) is 0.652.